The summed E-state index contributed by atoms with van der Waals surface area (Å²) in [5, 5.41) is 3.29. The van der Waals surface area contributed by atoms with Gasteiger partial charge in [-0.2, -0.15) is 26.3 Å². The zero-order valence-corrected chi connectivity index (χ0v) is 16.1. The van der Waals surface area contributed by atoms with Gasteiger partial charge in [0.25, 0.3) is 0 Å². The van der Waals surface area contributed by atoms with E-state index in [1.807, 2.05) is 0 Å². The lowest BCUT2D eigenvalue weighted by molar-refractivity contribution is -0.207. The summed E-state index contributed by atoms with van der Waals surface area (Å²) >= 11 is 0. The molecule has 0 saturated heterocycles. The molecule has 2 aromatic carbocycles. The lowest BCUT2D eigenvalue weighted by Gasteiger charge is -2.35. The second-order valence-electron chi connectivity index (χ2n) is 6.38. The summed E-state index contributed by atoms with van der Waals surface area (Å²) < 4.78 is 85.6. The van der Waals surface area contributed by atoms with E-state index >= 15 is 0 Å². The molecule has 0 radical (unpaired) electrons. The second-order valence-corrected chi connectivity index (χ2v) is 6.38. The second kappa shape index (κ2) is 9.27. The van der Waals surface area contributed by atoms with E-state index in [1.165, 1.54) is 19.1 Å². The van der Waals surface area contributed by atoms with E-state index < -0.39 is 54.2 Å². The Hall–Kier alpha value is -3.24. The van der Waals surface area contributed by atoms with Gasteiger partial charge in [-0.1, -0.05) is 36.4 Å². The van der Waals surface area contributed by atoms with Crippen molar-refractivity contribution in [1.29, 1.82) is 0 Å². The van der Waals surface area contributed by atoms with E-state index in [0.29, 0.717) is 17.7 Å². The van der Waals surface area contributed by atoms with Gasteiger partial charge in [0, 0.05) is 5.69 Å². The van der Waals surface area contributed by atoms with E-state index in [2.05, 4.69) is 4.74 Å². The molecule has 1 amide bonds. The van der Waals surface area contributed by atoms with Crippen LogP contribution in [0.15, 0.2) is 54.6 Å². The maximum Gasteiger partial charge on any atom is 0.441 e. The monoisotopic (exact) mass is 448 g/mol. The highest BCUT2D eigenvalue weighted by Crippen LogP contribution is 2.35. The number of esters is 1. The van der Waals surface area contributed by atoms with Gasteiger partial charge in [-0.05, 0) is 30.7 Å². The number of hydrogen-bond donors (Lipinski definition) is 2. The van der Waals surface area contributed by atoms with Crippen LogP contribution in [0, 0.1) is 0 Å². The summed E-state index contributed by atoms with van der Waals surface area (Å²) in [6, 6.07) is 10.5. The van der Waals surface area contributed by atoms with Crippen molar-refractivity contribution < 1.29 is 40.7 Å². The molecular formula is C20H18F6N2O3. The van der Waals surface area contributed by atoms with Crippen LogP contribution in [0.25, 0.3) is 0 Å². The average molecular weight is 448 g/mol. The van der Waals surface area contributed by atoms with Gasteiger partial charge in [0.1, 0.15) is 0 Å². The Morgan fingerprint density at radius 2 is 1.58 bits per heavy atom. The number of nitrogens with one attached hydrogen (secondary N) is 2. The summed E-state index contributed by atoms with van der Waals surface area (Å²) in [6.07, 6.45) is -10.8. The summed E-state index contributed by atoms with van der Waals surface area (Å²) in [5.41, 5.74) is -5.38. The number of alkyl halides is 6. The van der Waals surface area contributed by atoms with Crippen molar-refractivity contribution in [2.24, 2.45) is 0 Å². The molecule has 168 valence electrons. The van der Waals surface area contributed by atoms with Crippen molar-refractivity contribution in [3.63, 3.8) is 0 Å². The summed E-state index contributed by atoms with van der Waals surface area (Å²) in [4.78, 5) is 24.7. The van der Waals surface area contributed by atoms with Crippen LogP contribution in [0.5, 0.6) is 0 Å². The zero-order chi connectivity index (χ0) is 23.3. The molecular weight excluding hydrogens is 430 g/mol. The third-order valence-electron chi connectivity index (χ3n) is 4.06. The molecule has 0 aliphatic carbocycles. The molecule has 2 aromatic rings. The van der Waals surface area contributed by atoms with Gasteiger partial charge in [0.15, 0.2) is 0 Å². The molecule has 0 aliphatic rings. The number of hydrogen-bond acceptors (Lipinski definition) is 4. The van der Waals surface area contributed by atoms with E-state index in [4.69, 9.17) is 0 Å². The zero-order valence-electron chi connectivity index (χ0n) is 16.1. The lowest BCUT2D eigenvalue weighted by Crippen LogP contribution is -2.69. The minimum atomic E-state index is -5.46. The fourth-order valence-corrected chi connectivity index (χ4v) is 2.65. The number of anilines is 1. The minimum Gasteiger partial charge on any atom is -0.463 e. The Morgan fingerprint density at radius 1 is 0.935 bits per heavy atom. The minimum absolute atomic E-state index is 0.360. The van der Waals surface area contributed by atoms with Gasteiger partial charge in [-0.25, -0.2) is 4.79 Å². The van der Waals surface area contributed by atoms with Crippen LogP contribution in [0.2, 0.25) is 0 Å². The first-order chi connectivity index (χ1) is 14.4. The number of ether oxygens (including phenoxy) is 1. The summed E-state index contributed by atoms with van der Waals surface area (Å²) in [7, 11) is 0. The van der Waals surface area contributed by atoms with E-state index in [1.54, 1.807) is 28.8 Å². The normalized spacial score (nSPS) is 13.8. The SMILES string of the molecule is CCOC(=O)[C@@](NC(=O)Cc1ccccc1)(Nc1cccc(C(F)(F)F)c1)C(F)(F)F. The largest absolute Gasteiger partial charge is 0.463 e. The topological polar surface area (TPSA) is 67.4 Å². The number of carbonyl (C=O) groups is 2. The average Bonchev–Trinajstić information content (AvgIpc) is 2.67. The first-order valence-corrected chi connectivity index (χ1v) is 8.93. The first-order valence-electron chi connectivity index (χ1n) is 8.93. The maximum absolute atomic E-state index is 14.1. The van der Waals surface area contributed by atoms with Crippen LogP contribution < -0.4 is 10.6 Å². The van der Waals surface area contributed by atoms with Gasteiger partial charge in [0.2, 0.25) is 5.91 Å². The highest BCUT2D eigenvalue weighted by molar-refractivity contribution is 5.92. The van der Waals surface area contributed by atoms with Crippen molar-refractivity contribution >= 4 is 17.6 Å². The van der Waals surface area contributed by atoms with Crippen LogP contribution >= 0.6 is 0 Å². The van der Waals surface area contributed by atoms with Crippen molar-refractivity contribution in [2.45, 2.75) is 31.4 Å². The maximum atomic E-state index is 14.1. The first kappa shape index (κ1) is 24.0. The number of carbonyl (C=O) groups excluding carboxylic acids is 2. The molecule has 1 atom stereocenters. The van der Waals surface area contributed by atoms with Gasteiger partial charge in [-0.15, -0.1) is 0 Å². The van der Waals surface area contributed by atoms with E-state index in [9.17, 15) is 35.9 Å². The number of rotatable bonds is 7. The molecule has 11 heteroatoms. The molecule has 2 N–H and O–H groups in total. The fraction of sp³-hybridized carbons (Fsp3) is 0.300. The number of halogens is 6. The quantitative estimate of drug-likeness (QED) is 0.377. The Balaban J connectivity index is 2.46. The molecule has 5 nitrogen and oxygen atoms in total. The molecule has 0 bridgehead atoms. The molecule has 0 saturated carbocycles. The highest BCUT2D eigenvalue weighted by atomic mass is 19.4. The number of benzene rings is 2. The van der Waals surface area contributed by atoms with Crippen LogP contribution in [-0.4, -0.2) is 30.3 Å². The van der Waals surface area contributed by atoms with E-state index in [0.717, 1.165) is 12.1 Å². The fourth-order valence-electron chi connectivity index (χ4n) is 2.65. The molecule has 0 aromatic heterocycles. The van der Waals surface area contributed by atoms with Crippen molar-refractivity contribution in [2.75, 3.05) is 11.9 Å². The summed E-state index contributed by atoms with van der Waals surface area (Å²) in [5.74, 6) is -3.11. The molecule has 0 heterocycles. The van der Waals surface area contributed by atoms with Gasteiger partial charge in [0.05, 0.1) is 18.6 Å². The van der Waals surface area contributed by atoms with Crippen molar-refractivity contribution in [1.82, 2.24) is 5.32 Å². The molecule has 31 heavy (non-hydrogen) atoms. The van der Waals surface area contributed by atoms with Crippen LogP contribution in [0.1, 0.15) is 18.1 Å². The van der Waals surface area contributed by atoms with Gasteiger partial charge in [-0.3, -0.25) is 4.79 Å². The molecule has 0 unspecified atom stereocenters. The van der Waals surface area contributed by atoms with Crippen molar-refractivity contribution in [3.05, 3.63) is 65.7 Å². The third-order valence-corrected chi connectivity index (χ3v) is 4.06. The Kier molecular flexibility index (Phi) is 7.19. The predicted octanol–water partition coefficient (Wildman–Crippen LogP) is 4.30. The van der Waals surface area contributed by atoms with Gasteiger partial charge >= 0.3 is 24.0 Å². The predicted molar refractivity (Wildman–Crippen MR) is 98.8 cm³/mol. The Bertz CT molecular complexity index is 915. The van der Waals surface area contributed by atoms with Crippen LogP contribution in [0.3, 0.4) is 0 Å². The molecule has 0 spiro atoms. The smallest absolute Gasteiger partial charge is 0.441 e. The molecule has 0 fully saturated rings. The Labute approximate surface area is 173 Å². The lowest BCUT2D eigenvalue weighted by atomic mass is 10.1. The standard InChI is InChI=1S/C20H18F6N2O3/c1-2-31-17(30)18(20(24,25)26,28-16(29)11-13-7-4-3-5-8-13)27-15-10-6-9-14(12-15)19(21,22)23/h3-10,12,27H,2,11H2,1H3,(H,28,29)/t18-/m0/s1. The van der Waals surface area contributed by atoms with Gasteiger partial charge < -0.3 is 15.4 Å². The number of amides is 1. The molecule has 0 aliphatic heterocycles. The molecule has 2 rings (SSSR count). The third kappa shape index (κ3) is 5.89. The summed E-state index contributed by atoms with van der Waals surface area (Å²) in [6.45, 7) is 0.782. The van der Waals surface area contributed by atoms with Crippen LogP contribution in [-0.2, 0) is 26.9 Å². The highest BCUT2D eigenvalue weighted by Gasteiger charge is 2.63. The van der Waals surface area contributed by atoms with Crippen LogP contribution in [0.4, 0.5) is 32.0 Å². The Morgan fingerprint density at radius 3 is 2.13 bits per heavy atom. The van der Waals surface area contributed by atoms with Crippen molar-refractivity contribution in [3.8, 4) is 0 Å². The van der Waals surface area contributed by atoms with E-state index in [-0.39, 0.29) is 0 Å².